The van der Waals surface area contributed by atoms with Crippen LogP contribution in [-0.4, -0.2) is 0 Å². The van der Waals surface area contributed by atoms with Crippen LogP contribution in [0.4, 0.5) is 0 Å². The summed E-state index contributed by atoms with van der Waals surface area (Å²) in [6.45, 7) is 10.3. The lowest BCUT2D eigenvalue weighted by molar-refractivity contribution is 0.798. The summed E-state index contributed by atoms with van der Waals surface area (Å²) in [6, 6.07) is 8.41. The molecular formula is C14H18. The Morgan fingerprint density at radius 3 is 2.43 bits per heavy atom. The number of allylic oxidation sites excluding steroid dienone is 2. The molecule has 1 aromatic carbocycles. The Kier molecular flexibility index (Phi) is 3.70. The van der Waals surface area contributed by atoms with Gasteiger partial charge in [0.1, 0.15) is 0 Å². The lowest BCUT2D eigenvalue weighted by Gasteiger charge is -2.07. The molecule has 74 valence electrons. The molecular weight excluding hydrogens is 168 g/mol. The monoisotopic (exact) mass is 186 g/mol. The number of hydrogen-bond acceptors (Lipinski definition) is 0. The first kappa shape index (κ1) is 10.8. The van der Waals surface area contributed by atoms with Crippen LogP contribution >= 0.6 is 0 Å². The Morgan fingerprint density at radius 1 is 1.29 bits per heavy atom. The van der Waals surface area contributed by atoms with Crippen molar-refractivity contribution in [3.05, 3.63) is 53.6 Å². The molecule has 0 amide bonds. The predicted octanol–water partition coefficient (Wildman–Crippen LogP) is 4.22. The fourth-order valence-corrected chi connectivity index (χ4v) is 1.39. The minimum atomic E-state index is 0.534. The molecule has 0 bridgehead atoms. The second kappa shape index (κ2) is 4.80. The van der Waals surface area contributed by atoms with E-state index in [4.69, 9.17) is 0 Å². The van der Waals surface area contributed by atoms with E-state index in [0.29, 0.717) is 5.92 Å². The van der Waals surface area contributed by atoms with Crippen LogP contribution < -0.4 is 0 Å². The molecule has 0 heterocycles. The van der Waals surface area contributed by atoms with Crippen molar-refractivity contribution in [2.75, 3.05) is 0 Å². The highest BCUT2D eigenvalue weighted by atomic mass is 14.0. The summed E-state index contributed by atoms with van der Waals surface area (Å²) in [6.07, 6.45) is 4.16. The largest absolute Gasteiger partial charge is 0.0988 e. The van der Waals surface area contributed by atoms with E-state index in [0.717, 1.165) is 0 Å². The maximum absolute atomic E-state index is 3.84. The third kappa shape index (κ3) is 2.59. The van der Waals surface area contributed by atoms with E-state index in [2.05, 4.69) is 57.7 Å². The maximum atomic E-state index is 3.84. The molecule has 0 N–H and O–H groups in total. The molecule has 0 unspecified atom stereocenters. The number of aryl methyl sites for hydroxylation is 1. The van der Waals surface area contributed by atoms with Gasteiger partial charge in [-0.3, -0.25) is 0 Å². The lowest BCUT2D eigenvalue weighted by Crippen LogP contribution is -1.90. The van der Waals surface area contributed by atoms with Gasteiger partial charge in [-0.25, -0.2) is 0 Å². The van der Waals surface area contributed by atoms with Crippen molar-refractivity contribution in [3.8, 4) is 0 Å². The van der Waals surface area contributed by atoms with Crippen LogP contribution in [0.15, 0.2) is 42.5 Å². The topological polar surface area (TPSA) is 0 Å². The molecule has 1 aromatic rings. The Balaban J connectivity index is 3.06. The molecule has 0 nitrogen and oxygen atoms in total. The van der Waals surface area contributed by atoms with Gasteiger partial charge in [0.2, 0.25) is 0 Å². The van der Waals surface area contributed by atoms with Gasteiger partial charge in [-0.1, -0.05) is 56.8 Å². The van der Waals surface area contributed by atoms with Crippen molar-refractivity contribution < 1.29 is 0 Å². The zero-order chi connectivity index (χ0) is 10.6. The average Bonchev–Trinajstić information content (AvgIpc) is 2.16. The molecule has 1 rings (SSSR count). The maximum Gasteiger partial charge on any atom is -0.0219 e. The van der Waals surface area contributed by atoms with E-state index in [-0.39, 0.29) is 0 Å². The number of rotatable bonds is 3. The minimum absolute atomic E-state index is 0.534. The van der Waals surface area contributed by atoms with Crippen molar-refractivity contribution in [1.82, 2.24) is 0 Å². The van der Waals surface area contributed by atoms with Crippen LogP contribution in [0.25, 0.3) is 6.08 Å². The molecule has 0 fully saturated rings. The van der Waals surface area contributed by atoms with E-state index >= 15 is 0 Å². The number of hydrogen-bond donors (Lipinski definition) is 0. The van der Waals surface area contributed by atoms with E-state index in [1.807, 2.05) is 6.08 Å². The molecule has 0 aromatic heterocycles. The Bertz CT molecular complexity index is 343. The summed E-state index contributed by atoms with van der Waals surface area (Å²) < 4.78 is 0. The SMILES string of the molecule is C=C/C(=C\c1ccccc1C)C(C)C. The summed E-state index contributed by atoms with van der Waals surface area (Å²) in [5, 5.41) is 0. The third-order valence-corrected chi connectivity index (χ3v) is 2.41. The highest BCUT2D eigenvalue weighted by Gasteiger charge is 1.99. The summed E-state index contributed by atoms with van der Waals surface area (Å²) in [4.78, 5) is 0. The minimum Gasteiger partial charge on any atom is -0.0988 e. The standard InChI is InChI=1S/C14H18/c1-5-13(11(2)3)10-14-9-7-6-8-12(14)4/h5-11H,1H2,2-4H3/b13-10+. The molecule has 0 aliphatic rings. The summed E-state index contributed by atoms with van der Waals surface area (Å²) in [7, 11) is 0. The van der Waals surface area contributed by atoms with Gasteiger partial charge in [-0.2, -0.15) is 0 Å². The van der Waals surface area contributed by atoms with Gasteiger partial charge in [0.05, 0.1) is 0 Å². The van der Waals surface area contributed by atoms with Crippen molar-refractivity contribution in [2.45, 2.75) is 20.8 Å². The fourth-order valence-electron chi connectivity index (χ4n) is 1.39. The second-order valence-corrected chi connectivity index (χ2v) is 3.86. The van der Waals surface area contributed by atoms with E-state index in [9.17, 15) is 0 Å². The summed E-state index contributed by atoms with van der Waals surface area (Å²) in [5.41, 5.74) is 3.89. The van der Waals surface area contributed by atoms with Crippen LogP contribution in [0.5, 0.6) is 0 Å². The van der Waals surface area contributed by atoms with Crippen molar-refractivity contribution in [1.29, 1.82) is 0 Å². The van der Waals surface area contributed by atoms with E-state index in [1.165, 1.54) is 16.7 Å². The summed E-state index contributed by atoms with van der Waals surface area (Å²) in [5.74, 6) is 0.534. The normalized spacial score (nSPS) is 11.9. The van der Waals surface area contributed by atoms with E-state index < -0.39 is 0 Å². The van der Waals surface area contributed by atoms with Crippen LogP contribution in [0.2, 0.25) is 0 Å². The first-order valence-electron chi connectivity index (χ1n) is 5.04. The molecule has 0 heteroatoms. The van der Waals surface area contributed by atoms with Gasteiger partial charge in [-0.15, -0.1) is 0 Å². The number of benzene rings is 1. The fraction of sp³-hybridized carbons (Fsp3) is 0.286. The predicted molar refractivity (Wildman–Crippen MR) is 64.2 cm³/mol. The zero-order valence-electron chi connectivity index (χ0n) is 9.25. The molecule has 14 heavy (non-hydrogen) atoms. The first-order chi connectivity index (χ1) is 6.65. The average molecular weight is 186 g/mol. The van der Waals surface area contributed by atoms with Gasteiger partial charge in [0.15, 0.2) is 0 Å². The molecule has 0 saturated carbocycles. The van der Waals surface area contributed by atoms with E-state index in [1.54, 1.807) is 0 Å². The quantitative estimate of drug-likeness (QED) is 0.620. The van der Waals surface area contributed by atoms with Crippen LogP contribution in [0, 0.1) is 12.8 Å². The van der Waals surface area contributed by atoms with Crippen LogP contribution in [0.1, 0.15) is 25.0 Å². The smallest absolute Gasteiger partial charge is 0.0219 e. The molecule has 0 radical (unpaired) electrons. The van der Waals surface area contributed by atoms with Crippen LogP contribution in [-0.2, 0) is 0 Å². The van der Waals surface area contributed by atoms with Gasteiger partial charge in [0, 0.05) is 0 Å². The second-order valence-electron chi connectivity index (χ2n) is 3.86. The third-order valence-electron chi connectivity index (χ3n) is 2.41. The molecule has 0 spiro atoms. The van der Waals surface area contributed by atoms with Gasteiger partial charge >= 0.3 is 0 Å². The first-order valence-corrected chi connectivity index (χ1v) is 5.04. The molecule has 0 saturated heterocycles. The van der Waals surface area contributed by atoms with Gasteiger partial charge < -0.3 is 0 Å². The van der Waals surface area contributed by atoms with Crippen molar-refractivity contribution >= 4 is 6.08 Å². The van der Waals surface area contributed by atoms with Gasteiger partial charge in [-0.05, 0) is 29.5 Å². The molecule has 0 aliphatic heterocycles. The Morgan fingerprint density at radius 2 is 1.93 bits per heavy atom. The van der Waals surface area contributed by atoms with Crippen LogP contribution in [0.3, 0.4) is 0 Å². The molecule has 0 atom stereocenters. The van der Waals surface area contributed by atoms with Crippen molar-refractivity contribution in [2.24, 2.45) is 5.92 Å². The highest BCUT2D eigenvalue weighted by Crippen LogP contribution is 2.17. The molecule has 0 aliphatic carbocycles. The highest BCUT2D eigenvalue weighted by molar-refractivity contribution is 5.59. The Hall–Kier alpha value is -1.30. The van der Waals surface area contributed by atoms with Crippen molar-refractivity contribution in [3.63, 3.8) is 0 Å². The zero-order valence-corrected chi connectivity index (χ0v) is 9.25. The Labute approximate surface area is 87.0 Å². The van der Waals surface area contributed by atoms with Gasteiger partial charge in [0.25, 0.3) is 0 Å². The summed E-state index contributed by atoms with van der Waals surface area (Å²) >= 11 is 0. The lowest BCUT2D eigenvalue weighted by atomic mass is 9.98.